The number of rotatable bonds is 11. The van der Waals surface area contributed by atoms with Crippen LogP contribution < -0.4 is 15.4 Å². The number of nitrogens with zero attached hydrogens (tertiary/aromatic N) is 6. The minimum absolute atomic E-state index is 0.0707. The van der Waals surface area contributed by atoms with E-state index in [4.69, 9.17) is 33.9 Å². The highest BCUT2D eigenvalue weighted by atomic mass is 32.1. The third-order valence-electron chi connectivity index (χ3n) is 15.7. The molecule has 1 saturated carbocycles. The summed E-state index contributed by atoms with van der Waals surface area (Å²) in [6.45, 7) is 15.1. The smallest absolute Gasteiger partial charge is 0.407 e. The third-order valence-corrected chi connectivity index (χ3v) is 17.1. The summed E-state index contributed by atoms with van der Waals surface area (Å²) in [5.74, 6) is 0.808. The minimum atomic E-state index is -0.780. The maximum atomic E-state index is 17.1. The predicted molar refractivity (Wildman–Crippen MR) is 278 cm³/mol. The minimum Gasteiger partial charge on any atom is -0.464 e. The third kappa shape index (κ3) is 9.31. The fourth-order valence-electron chi connectivity index (χ4n) is 11.8. The van der Waals surface area contributed by atoms with Crippen molar-refractivity contribution in [3.63, 3.8) is 0 Å². The molecule has 8 atom stereocenters. The van der Waals surface area contributed by atoms with E-state index in [9.17, 15) is 19.2 Å². The Hall–Kier alpha value is -6.80. The van der Waals surface area contributed by atoms with E-state index >= 15 is 4.39 Å². The average molecular weight is 1050 g/mol. The Kier molecular flexibility index (Phi) is 12.8. The van der Waals surface area contributed by atoms with Crippen molar-refractivity contribution in [3.05, 3.63) is 82.3 Å². The summed E-state index contributed by atoms with van der Waals surface area (Å²) in [6, 6.07) is 9.25. The highest BCUT2D eigenvalue weighted by Gasteiger charge is 2.57. The number of imidazole rings is 2. The molecule has 0 bridgehead atoms. The number of likely N-dealkylation sites (tertiary alicyclic amines) is 2. The van der Waals surface area contributed by atoms with Gasteiger partial charge in [-0.15, -0.1) is 11.3 Å². The SMILES string of the molecule is COC(=O)N[C@H](C(=O)N1CCC[C@H]1c1ncc(-c2cc(F)c3c(c2)OC(c2cnc(C(C)(C)C)s2)n2c-3cc3cc(-c4cnc([C@@H]5C[C@H]6C[C@H]6N5C(=O)[C@@H](NC(=O)OC)C5CCOC(C)(C)C5)[nH]4)ccc32)[nH]1)C(C)C. The monoisotopic (exact) mass is 1040 g/mol. The summed E-state index contributed by atoms with van der Waals surface area (Å²) in [7, 11) is 2.58. The molecule has 0 spiro atoms. The molecule has 4 fully saturated rings. The second kappa shape index (κ2) is 19.1. The van der Waals surface area contributed by atoms with Crippen LogP contribution in [0.5, 0.6) is 5.75 Å². The fraction of sp³-hybridized carbons (Fsp3) is 0.509. The van der Waals surface area contributed by atoms with Crippen molar-refractivity contribution in [2.24, 2.45) is 17.8 Å². The average Bonchev–Trinajstić information content (AvgIpc) is 4.17. The lowest BCUT2D eigenvalue weighted by Crippen LogP contribution is -2.55. The highest BCUT2D eigenvalue weighted by Crippen LogP contribution is 2.54. The second-order valence-corrected chi connectivity index (χ2v) is 23.8. The maximum absolute atomic E-state index is 17.1. The molecule has 2 aromatic carbocycles. The van der Waals surface area contributed by atoms with E-state index in [0.717, 1.165) is 51.3 Å². The Morgan fingerprint density at radius 1 is 0.880 bits per heavy atom. The van der Waals surface area contributed by atoms with Crippen LogP contribution in [0.15, 0.2) is 55.0 Å². The number of hydrogen-bond donors (Lipinski definition) is 4. The van der Waals surface area contributed by atoms with Gasteiger partial charge in [-0.05, 0) is 100 Å². The molecule has 18 nitrogen and oxygen atoms in total. The van der Waals surface area contributed by atoms with Crippen LogP contribution >= 0.6 is 11.3 Å². The quantitative estimate of drug-likeness (QED) is 0.0960. The number of halogens is 1. The molecule has 4 amide bonds. The van der Waals surface area contributed by atoms with Crippen LogP contribution in [0, 0.1) is 23.6 Å². The number of thiazole rings is 1. The number of methoxy groups -OCH3 is 2. The van der Waals surface area contributed by atoms with E-state index in [1.165, 1.54) is 20.3 Å². The Labute approximate surface area is 438 Å². The van der Waals surface area contributed by atoms with E-state index in [-0.39, 0.29) is 47.2 Å². The van der Waals surface area contributed by atoms with Crippen LogP contribution in [-0.2, 0) is 29.2 Å². The number of aromatic nitrogens is 6. The second-order valence-electron chi connectivity index (χ2n) is 22.7. The van der Waals surface area contributed by atoms with Crippen LogP contribution in [0.1, 0.15) is 127 Å². The van der Waals surface area contributed by atoms with Gasteiger partial charge in [0, 0.05) is 47.3 Å². The topological polar surface area (TPSA) is 211 Å². The summed E-state index contributed by atoms with van der Waals surface area (Å²) in [5, 5.41) is 7.38. The zero-order chi connectivity index (χ0) is 52.8. The first-order valence-electron chi connectivity index (χ1n) is 26.0. The lowest BCUT2D eigenvalue weighted by Gasteiger charge is -2.40. The fourth-order valence-corrected chi connectivity index (χ4v) is 12.8. The molecule has 75 heavy (non-hydrogen) atoms. The van der Waals surface area contributed by atoms with Gasteiger partial charge < -0.3 is 49.3 Å². The molecule has 5 aliphatic rings. The Morgan fingerprint density at radius 3 is 2.29 bits per heavy atom. The van der Waals surface area contributed by atoms with E-state index < -0.39 is 41.9 Å². The number of nitrogens with one attached hydrogen (secondary N) is 4. The van der Waals surface area contributed by atoms with Gasteiger partial charge in [-0.2, -0.15) is 0 Å². The Bertz CT molecular complexity index is 3210. The highest BCUT2D eigenvalue weighted by molar-refractivity contribution is 7.11. The van der Waals surface area contributed by atoms with Crippen LogP contribution in [0.2, 0.25) is 0 Å². The number of hydrogen-bond acceptors (Lipinski definition) is 12. The number of fused-ring (bicyclic) bond motifs is 6. The number of alkyl carbamates (subject to hydrolysis) is 2. The standard InChI is InChI=1S/C55H65FN10O8S/c1-27(2)44(62-52(69)71-8)48(67)64-15-10-11-37(64)46-57-25-35(61-46)30-18-33(56)43-39-20-31-17-28(12-13-36(31)66(39)50(74-41(43)22-30)42-26-59-51(75-42)54(3,4)5)34-24-58-47(60-34)40-21-32-19-38(32)65(40)49(68)45(63-53(70)72-9)29-14-16-73-55(6,7)23-29/h12-13,17-18,20,22,24-27,29,32,37-38,40,44-45,50H,10-11,14-16,19,21,23H2,1-9H3,(H,57,61)(H,58,60)(H,62,69)(H,63,70)/t29?,32-,37+,38-,40+,44+,45+,50?/m1/s1. The van der Waals surface area contributed by atoms with Crippen LogP contribution in [0.3, 0.4) is 0 Å². The van der Waals surface area contributed by atoms with E-state index in [1.807, 2.05) is 67.6 Å². The van der Waals surface area contributed by atoms with Gasteiger partial charge in [0.1, 0.15) is 35.3 Å². The Balaban J connectivity index is 0.906. The van der Waals surface area contributed by atoms with Gasteiger partial charge in [0.05, 0.1) is 82.3 Å². The number of amides is 4. The van der Waals surface area contributed by atoms with Crippen molar-refractivity contribution < 1.29 is 42.5 Å². The number of benzene rings is 2. The zero-order valence-corrected chi connectivity index (χ0v) is 44.6. The zero-order valence-electron chi connectivity index (χ0n) is 43.8. The molecule has 4 N–H and O–H groups in total. The van der Waals surface area contributed by atoms with Gasteiger partial charge in [0.2, 0.25) is 18.0 Å². The van der Waals surface area contributed by atoms with Crippen LogP contribution in [0.25, 0.3) is 44.7 Å². The van der Waals surface area contributed by atoms with Crippen molar-refractivity contribution in [1.82, 2.24) is 49.9 Å². The van der Waals surface area contributed by atoms with Crippen molar-refractivity contribution in [2.75, 3.05) is 27.4 Å². The van der Waals surface area contributed by atoms with Gasteiger partial charge in [-0.1, -0.05) is 40.7 Å². The van der Waals surface area contributed by atoms with E-state index in [2.05, 4.69) is 47.4 Å². The summed E-state index contributed by atoms with van der Waals surface area (Å²) in [4.78, 5) is 79.3. The van der Waals surface area contributed by atoms with Crippen molar-refractivity contribution in [1.29, 1.82) is 0 Å². The Morgan fingerprint density at radius 2 is 1.60 bits per heavy atom. The summed E-state index contributed by atoms with van der Waals surface area (Å²) >= 11 is 1.56. The first-order chi connectivity index (χ1) is 35.8. The lowest BCUT2D eigenvalue weighted by atomic mass is 9.82. The molecule has 20 heteroatoms. The molecule has 396 valence electrons. The predicted octanol–water partition coefficient (Wildman–Crippen LogP) is 9.56. The van der Waals surface area contributed by atoms with Crippen molar-refractivity contribution >= 4 is 46.2 Å². The summed E-state index contributed by atoms with van der Waals surface area (Å²) in [5.41, 5.74) is 3.85. The van der Waals surface area contributed by atoms with Gasteiger partial charge in [0.25, 0.3) is 0 Å². The molecule has 4 aromatic heterocycles. The molecule has 11 rings (SSSR count). The van der Waals surface area contributed by atoms with Gasteiger partial charge in [-0.3, -0.25) is 14.2 Å². The number of ether oxygens (including phenoxy) is 4. The van der Waals surface area contributed by atoms with Gasteiger partial charge >= 0.3 is 12.2 Å². The molecule has 2 unspecified atom stereocenters. The van der Waals surface area contributed by atoms with Crippen LogP contribution in [-0.4, -0.2) is 114 Å². The van der Waals surface area contributed by atoms with Crippen molar-refractivity contribution in [3.8, 4) is 39.5 Å². The largest absolute Gasteiger partial charge is 0.464 e. The molecule has 6 aromatic rings. The van der Waals surface area contributed by atoms with Gasteiger partial charge in [0.15, 0.2) is 0 Å². The molecule has 3 saturated heterocycles. The normalized spacial score (nSPS) is 23.5. The number of H-pyrrole nitrogens is 2. The number of carbonyl (C=O) groups is 4. The maximum Gasteiger partial charge on any atom is 0.407 e. The lowest BCUT2D eigenvalue weighted by molar-refractivity contribution is -0.140. The molecular weight excluding hydrogens is 980 g/mol. The van der Waals surface area contributed by atoms with Gasteiger partial charge in [-0.25, -0.2) is 28.9 Å². The first-order valence-corrected chi connectivity index (χ1v) is 26.8. The number of piperidine rings is 1. The van der Waals surface area contributed by atoms with E-state index in [0.29, 0.717) is 78.2 Å². The number of aromatic amines is 2. The van der Waals surface area contributed by atoms with Crippen LogP contribution in [0.4, 0.5) is 14.0 Å². The number of carbonyl (C=O) groups excluding carboxylic acids is 4. The molecule has 1 aliphatic carbocycles. The molecule has 8 heterocycles. The molecular formula is C55H65FN10O8S. The van der Waals surface area contributed by atoms with Crippen molar-refractivity contribution in [2.45, 2.75) is 134 Å². The molecule has 0 radical (unpaired) electrons. The summed E-state index contributed by atoms with van der Waals surface area (Å²) in [6.07, 6.45) is 7.65. The first kappa shape index (κ1) is 50.4. The molecule has 4 aliphatic heterocycles. The summed E-state index contributed by atoms with van der Waals surface area (Å²) < 4.78 is 41.8. The van der Waals surface area contributed by atoms with E-state index in [1.54, 1.807) is 28.6 Å².